The molecule has 0 atom stereocenters. The Balaban J connectivity index is 1.55. The van der Waals surface area contributed by atoms with Gasteiger partial charge >= 0.3 is 0 Å². The van der Waals surface area contributed by atoms with Gasteiger partial charge in [-0.05, 0) is 42.2 Å². The Kier molecular flexibility index (Phi) is 7.38. The number of aryl methyl sites for hydroxylation is 1. The van der Waals surface area contributed by atoms with E-state index in [-0.39, 0.29) is 18.1 Å². The standard InChI is InChI=1S/C24H25NO4S/c1-3-24(22-13-11-21(12-14-22)20-7-5-4-6-8-20)25-28-17-18-29-30(26,27)23-15-9-19(2)10-16-23/h4-16H,3,17-18H2,1-2H3. The van der Waals surface area contributed by atoms with Crippen molar-refractivity contribution in [1.29, 1.82) is 0 Å². The molecule has 0 fully saturated rings. The number of benzene rings is 3. The van der Waals surface area contributed by atoms with Crippen LogP contribution in [0.4, 0.5) is 0 Å². The molecule has 0 bridgehead atoms. The van der Waals surface area contributed by atoms with Gasteiger partial charge in [0.05, 0.1) is 10.6 Å². The van der Waals surface area contributed by atoms with E-state index in [4.69, 9.17) is 9.02 Å². The quantitative estimate of drug-likeness (QED) is 0.205. The molecule has 0 saturated heterocycles. The lowest BCUT2D eigenvalue weighted by Crippen LogP contribution is -2.11. The van der Waals surface area contributed by atoms with Gasteiger partial charge < -0.3 is 4.84 Å². The van der Waals surface area contributed by atoms with Gasteiger partial charge in [0.2, 0.25) is 0 Å². The summed E-state index contributed by atoms with van der Waals surface area (Å²) < 4.78 is 29.3. The molecular formula is C24H25NO4S. The molecule has 0 unspecified atom stereocenters. The molecule has 3 rings (SSSR count). The zero-order valence-electron chi connectivity index (χ0n) is 17.1. The number of oxime groups is 1. The van der Waals surface area contributed by atoms with Gasteiger partial charge in [0, 0.05) is 0 Å². The third-order valence-electron chi connectivity index (χ3n) is 4.56. The molecule has 0 heterocycles. The lowest BCUT2D eigenvalue weighted by atomic mass is 10.0. The van der Waals surface area contributed by atoms with E-state index in [0.717, 1.165) is 28.0 Å². The Hall–Kier alpha value is -2.96. The summed E-state index contributed by atoms with van der Waals surface area (Å²) in [5, 5.41) is 4.16. The van der Waals surface area contributed by atoms with E-state index in [9.17, 15) is 8.42 Å². The smallest absolute Gasteiger partial charge is 0.297 e. The van der Waals surface area contributed by atoms with Crippen molar-refractivity contribution in [3.05, 3.63) is 90.0 Å². The fourth-order valence-corrected chi connectivity index (χ4v) is 3.78. The Bertz CT molecular complexity index is 1070. The Morgan fingerprint density at radius 1 is 0.833 bits per heavy atom. The van der Waals surface area contributed by atoms with Crippen LogP contribution in [0.25, 0.3) is 11.1 Å². The summed E-state index contributed by atoms with van der Waals surface area (Å²) in [6, 6.07) is 24.8. The zero-order chi connectivity index (χ0) is 21.4. The molecule has 3 aromatic rings. The zero-order valence-corrected chi connectivity index (χ0v) is 17.9. The van der Waals surface area contributed by atoms with Crippen molar-refractivity contribution in [3.8, 4) is 11.1 Å². The molecule has 0 aliphatic carbocycles. The van der Waals surface area contributed by atoms with Crippen molar-refractivity contribution in [2.45, 2.75) is 25.2 Å². The minimum atomic E-state index is -3.80. The number of nitrogens with zero attached hydrogens (tertiary/aromatic N) is 1. The summed E-state index contributed by atoms with van der Waals surface area (Å²) in [5.41, 5.74) is 5.02. The summed E-state index contributed by atoms with van der Waals surface area (Å²) in [7, 11) is -3.80. The Labute approximate surface area is 178 Å². The predicted molar refractivity (Wildman–Crippen MR) is 119 cm³/mol. The summed E-state index contributed by atoms with van der Waals surface area (Å²) >= 11 is 0. The average molecular weight is 424 g/mol. The summed E-state index contributed by atoms with van der Waals surface area (Å²) in [4.78, 5) is 5.43. The first-order chi connectivity index (χ1) is 14.5. The molecule has 0 spiro atoms. The van der Waals surface area contributed by atoms with Gasteiger partial charge in [0.1, 0.15) is 13.2 Å². The fourth-order valence-electron chi connectivity index (χ4n) is 2.88. The van der Waals surface area contributed by atoms with E-state index in [1.54, 1.807) is 12.1 Å². The van der Waals surface area contributed by atoms with Gasteiger partial charge in [-0.1, -0.05) is 84.4 Å². The van der Waals surface area contributed by atoms with E-state index >= 15 is 0 Å². The highest BCUT2D eigenvalue weighted by Crippen LogP contribution is 2.20. The van der Waals surface area contributed by atoms with Crippen LogP contribution >= 0.6 is 0 Å². The molecule has 0 saturated carbocycles. The molecule has 0 aromatic heterocycles. The van der Waals surface area contributed by atoms with Crippen LogP contribution in [0.3, 0.4) is 0 Å². The normalized spacial score (nSPS) is 12.0. The first kappa shape index (κ1) is 21.7. The van der Waals surface area contributed by atoms with Gasteiger partial charge in [0.15, 0.2) is 0 Å². The molecule has 30 heavy (non-hydrogen) atoms. The lowest BCUT2D eigenvalue weighted by Gasteiger charge is -2.08. The fraction of sp³-hybridized carbons (Fsp3) is 0.208. The Morgan fingerprint density at radius 2 is 1.47 bits per heavy atom. The van der Waals surface area contributed by atoms with Crippen LogP contribution in [0.15, 0.2) is 88.9 Å². The van der Waals surface area contributed by atoms with Crippen molar-refractivity contribution in [2.75, 3.05) is 13.2 Å². The molecular weight excluding hydrogens is 398 g/mol. The second-order valence-corrected chi connectivity index (χ2v) is 8.37. The predicted octanol–water partition coefficient (Wildman–Crippen LogP) is 5.20. The van der Waals surface area contributed by atoms with Crippen molar-refractivity contribution >= 4 is 15.8 Å². The van der Waals surface area contributed by atoms with E-state index < -0.39 is 10.1 Å². The minimum absolute atomic E-state index is 0.0384. The van der Waals surface area contributed by atoms with Crippen LogP contribution < -0.4 is 0 Å². The molecule has 3 aromatic carbocycles. The maximum atomic E-state index is 12.2. The van der Waals surface area contributed by atoms with E-state index in [0.29, 0.717) is 6.42 Å². The largest absolute Gasteiger partial charge is 0.393 e. The van der Waals surface area contributed by atoms with Gasteiger partial charge in [-0.25, -0.2) is 0 Å². The highest BCUT2D eigenvalue weighted by Gasteiger charge is 2.14. The highest BCUT2D eigenvalue weighted by molar-refractivity contribution is 7.86. The van der Waals surface area contributed by atoms with Crippen LogP contribution in [0.2, 0.25) is 0 Å². The molecule has 0 radical (unpaired) electrons. The molecule has 0 N–H and O–H groups in total. The summed E-state index contributed by atoms with van der Waals surface area (Å²) in [6.07, 6.45) is 0.688. The van der Waals surface area contributed by atoms with Gasteiger partial charge in [0.25, 0.3) is 10.1 Å². The highest BCUT2D eigenvalue weighted by atomic mass is 32.2. The summed E-state index contributed by atoms with van der Waals surface area (Å²) in [6.45, 7) is 3.82. The molecule has 5 nitrogen and oxygen atoms in total. The molecule has 0 amide bonds. The number of rotatable bonds is 9. The van der Waals surface area contributed by atoms with Gasteiger partial charge in [-0.2, -0.15) is 8.42 Å². The van der Waals surface area contributed by atoms with Crippen molar-refractivity contribution in [3.63, 3.8) is 0 Å². The van der Waals surface area contributed by atoms with Crippen molar-refractivity contribution in [1.82, 2.24) is 0 Å². The van der Waals surface area contributed by atoms with Crippen LogP contribution in [0.1, 0.15) is 24.5 Å². The average Bonchev–Trinajstić information content (AvgIpc) is 2.77. The topological polar surface area (TPSA) is 65.0 Å². The minimum Gasteiger partial charge on any atom is -0.393 e. The first-order valence-electron chi connectivity index (χ1n) is 9.80. The SMILES string of the molecule is CCC(=NOCCOS(=O)(=O)c1ccc(C)cc1)c1ccc(-c2ccccc2)cc1. The van der Waals surface area contributed by atoms with Gasteiger partial charge in [-0.15, -0.1) is 0 Å². The molecule has 156 valence electrons. The molecule has 0 aliphatic rings. The van der Waals surface area contributed by atoms with E-state index in [1.807, 2.05) is 56.3 Å². The van der Waals surface area contributed by atoms with Gasteiger partial charge in [-0.3, -0.25) is 4.18 Å². The molecule has 0 aliphatic heterocycles. The second kappa shape index (κ2) is 10.2. The Morgan fingerprint density at radius 3 is 2.10 bits per heavy atom. The van der Waals surface area contributed by atoms with Crippen LogP contribution in [0.5, 0.6) is 0 Å². The third kappa shape index (κ3) is 5.78. The number of hydrogen-bond donors (Lipinski definition) is 0. The maximum absolute atomic E-state index is 12.2. The van der Waals surface area contributed by atoms with E-state index in [2.05, 4.69) is 17.3 Å². The summed E-state index contributed by atoms with van der Waals surface area (Å²) in [5.74, 6) is 0. The van der Waals surface area contributed by atoms with Crippen LogP contribution in [-0.2, 0) is 19.1 Å². The van der Waals surface area contributed by atoms with Crippen LogP contribution in [0, 0.1) is 6.92 Å². The monoisotopic (exact) mass is 423 g/mol. The maximum Gasteiger partial charge on any atom is 0.297 e. The van der Waals surface area contributed by atoms with Crippen molar-refractivity contribution < 1.29 is 17.4 Å². The third-order valence-corrected chi connectivity index (χ3v) is 5.88. The van der Waals surface area contributed by atoms with Crippen molar-refractivity contribution in [2.24, 2.45) is 5.16 Å². The van der Waals surface area contributed by atoms with E-state index in [1.165, 1.54) is 12.1 Å². The number of hydrogen-bond acceptors (Lipinski definition) is 5. The molecule has 6 heteroatoms. The van der Waals surface area contributed by atoms with Crippen LogP contribution in [-0.4, -0.2) is 27.3 Å². The lowest BCUT2D eigenvalue weighted by molar-refractivity contribution is 0.109. The second-order valence-electron chi connectivity index (χ2n) is 6.76. The first-order valence-corrected chi connectivity index (χ1v) is 11.2.